The maximum absolute atomic E-state index is 9.60. The number of hydrogen-bond donors (Lipinski definition) is 1. The molecule has 0 bridgehead atoms. The highest BCUT2D eigenvalue weighted by Gasteiger charge is 2.15. The number of hydrazone groups is 1. The number of methoxy groups -OCH3 is 1. The van der Waals surface area contributed by atoms with Crippen LogP contribution in [0, 0.1) is 0 Å². The van der Waals surface area contributed by atoms with Crippen LogP contribution in [0.2, 0.25) is 0 Å². The zero-order chi connectivity index (χ0) is 16.1. The van der Waals surface area contributed by atoms with Crippen LogP contribution in [0.4, 0.5) is 5.69 Å². The molecule has 0 aromatic heterocycles. The SMILES string of the molecule is COc1cc(/C=N\N2CCN(c3ccccc3)CC2)ccc1O. The van der Waals surface area contributed by atoms with Crippen molar-refractivity contribution in [3.8, 4) is 11.5 Å². The summed E-state index contributed by atoms with van der Waals surface area (Å²) in [6, 6.07) is 15.7. The number of ether oxygens (including phenoxy) is 1. The van der Waals surface area contributed by atoms with Gasteiger partial charge < -0.3 is 14.7 Å². The number of nitrogens with zero attached hydrogens (tertiary/aromatic N) is 3. The predicted molar refractivity (Wildman–Crippen MR) is 92.5 cm³/mol. The second-order valence-electron chi connectivity index (χ2n) is 5.45. The first-order valence-corrected chi connectivity index (χ1v) is 7.72. The van der Waals surface area contributed by atoms with Crippen LogP contribution in [0.3, 0.4) is 0 Å². The number of anilines is 1. The molecule has 0 unspecified atom stereocenters. The zero-order valence-electron chi connectivity index (χ0n) is 13.2. The van der Waals surface area contributed by atoms with Crippen LogP contribution in [0.15, 0.2) is 53.6 Å². The van der Waals surface area contributed by atoms with E-state index >= 15 is 0 Å². The molecule has 0 radical (unpaired) electrons. The first-order chi connectivity index (χ1) is 11.3. The summed E-state index contributed by atoms with van der Waals surface area (Å²) in [6.45, 7) is 3.70. The van der Waals surface area contributed by atoms with Gasteiger partial charge in [-0.3, -0.25) is 5.01 Å². The minimum absolute atomic E-state index is 0.140. The summed E-state index contributed by atoms with van der Waals surface area (Å²) in [5.41, 5.74) is 2.17. The maximum Gasteiger partial charge on any atom is 0.161 e. The summed E-state index contributed by atoms with van der Waals surface area (Å²) in [7, 11) is 1.54. The van der Waals surface area contributed by atoms with Crippen molar-refractivity contribution in [2.45, 2.75) is 0 Å². The van der Waals surface area contributed by atoms with E-state index < -0.39 is 0 Å². The number of rotatable bonds is 4. The lowest BCUT2D eigenvalue weighted by Crippen LogP contribution is -2.44. The summed E-state index contributed by atoms with van der Waals surface area (Å²) < 4.78 is 5.11. The Hall–Kier alpha value is -2.69. The molecule has 0 amide bonds. The lowest BCUT2D eigenvalue weighted by molar-refractivity contribution is 0.272. The maximum atomic E-state index is 9.60. The van der Waals surface area contributed by atoms with Crippen LogP contribution in [0.5, 0.6) is 11.5 Å². The van der Waals surface area contributed by atoms with Crippen LogP contribution >= 0.6 is 0 Å². The largest absolute Gasteiger partial charge is 0.504 e. The number of phenols is 1. The van der Waals surface area contributed by atoms with Gasteiger partial charge in [0.1, 0.15) is 0 Å². The van der Waals surface area contributed by atoms with Gasteiger partial charge in [0.25, 0.3) is 0 Å². The van der Waals surface area contributed by atoms with Gasteiger partial charge >= 0.3 is 0 Å². The van der Waals surface area contributed by atoms with E-state index in [1.807, 2.05) is 12.1 Å². The van der Waals surface area contributed by atoms with Crippen molar-refractivity contribution in [1.82, 2.24) is 5.01 Å². The van der Waals surface area contributed by atoms with Gasteiger partial charge in [-0.1, -0.05) is 18.2 Å². The van der Waals surface area contributed by atoms with E-state index in [0.29, 0.717) is 5.75 Å². The third-order valence-electron chi connectivity index (χ3n) is 3.95. The highest BCUT2D eigenvalue weighted by atomic mass is 16.5. The molecule has 120 valence electrons. The first-order valence-electron chi connectivity index (χ1n) is 7.72. The van der Waals surface area contributed by atoms with Crippen LogP contribution in [0.1, 0.15) is 5.56 Å². The van der Waals surface area contributed by atoms with Crippen molar-refractivity contribution in [2.75, 3.05) is 38.2 Å². The number of phenolic OH excluding ortho intramolecular Hbond substituents is 1. The van der Waals surface area contributed by atoms with Crippen LogP contribution in [-0.2, 0) is 0 Å². The number of benzene rings is 2. The van der Waals surface area contributed by atoms with Crippen LogP contribution in [0.25, 0.3) is 0 Å². The summed E-state index contributed by atoms with van der Waals surface area (Å²) in [6.07, 6.45) is 1.81. The Kier molecular flexibility index (Phi) is 4.66. The molecule has 2 aromatic rings. The van der Waals surface area contributed by atoms with Gasteiger partial charge in [0.2, 0.25) is 0 Å². The summed E-state index contributed by atoms with van der Waals surface area (Å²) >= 11 is 0. The molecule has 5 heteroatoms. The lowest BCUT2D eigenvalue weighted by Gasteiger charge is -2.34. The standard InChI is InChI=1S/C18H21N3O2/c1-23-18-13-15(7-8-17(18)22)14-19-21-11-9-20(10-12-21)16-5-3-2-4-6-16/h2-8,13-14,22H,9-12H2,1H3/b19-14-. The molecule has 1 aliphatic heterocycles. The number of piperazine rings is 1. The molecule has 1 N–H and O–H groups in total. The molecular weight excluding hydrogens is 290 g/mol. The van der Waals surface area contributed by atoms with Crippen LogP contribution < -0.4 is 9.64 Å². The predicted octanol–water partition coefficient (Wildman–Crippen LogP) is 2.56. The van der Waals surface area contributed by atoms with Gasteiger partial charge in [-0.15, -0.1) is 0 Å². The third-order valence-corrected chi connectivity index (χ3v) is 3.95. The van der Waals surface area contributed by atoms with Gasteiger partial charge in [0.05, 0.1) is 26.4 Å². The molecule has 2 aromatic carbocycles. The summed E-state index contributed by atoms with van der Waals surface area (Å²) in [5.74, 6) is 0.601. The van der Waals surface area contributed by atoms with Crippen molar-refractivity contribution in [3.63, 3.8) is 0 Å². The smallest absolute Gasteiger partial charge is 0.161 e. The van der Waals surface area contributed by atoms with E-state index in [1.54, 1.807) is 25.5 Å². The molecule has 0 spiro atoms. The van der Waals surface area contributed by atoms with Gasteiger partial charge in [0.15, 0.2) is 11.5 Å². The van der Waals surface area contributed by atoms with Gasteiger partial charge in [0, 0.05) is 18.8 Å². The quantitative estimate of drug-likeness (QED) is 0.882. The first kappa shape index (κ1) is 15.2. The molecule has 23 heavy (non-hydrogen) atoms. The van der Waals surface area contributed by atoms with Crippen molar-refractivity contribution >= 4 is 11.9 Å². The fourth-order valence-corrected chi connectivity index (χ4v) is 2.63. The molecule has 1 heterocycles. The van der Waals surface area contributed by atoms with E-state index in [4.69, 9.17) is 4.74 Å². The molecule has 1 fully saturated rings. The Bertz CT molecular complexity index is 665. The van der Waals surface area contributed by atoms with E-state index in [0.717, 1.165) is 31.7 Å². The number of aromatic hydroxyl groups is 1. The lowest BCUT2D eigenvalue weighted by atomic mass is 10.2. The molecule has 5 nitrogen and oxygen atoms in total. The second kappa shape index (κ2) is 7.05. The van der Waals surface area contributed by atoms with Crippen molar-refractivity contribution in [3.05, 3.63) is 54.1 Å². The van der Waals surface area contributed by atoms with Gasteiger partial charge in [-0.05, 0) is 35.9 Å². The molecular formula is C18H21N3O2. The topological polar surface area (TPSA) is 48.3 Å². The third kappa shape index (κ3) is 3.74. The minimum atomic E-state index is 0.140. The fourth-order valence-electron chi connectivity index (χ4n) is 2.63. The minimum Gasteiger partial charge on any atom is -0.504 e. The Labute approximate surface area is 136 Å². The molecule has 0 aliphatic carbocycles. The molecule has 1 saturated heterocycles. The Morgan fingerprint density at radius 1 is 1.04 bits per heavy atom. The molecule has 0 atom stereocenters. The van der Waals surface area contributed by atoms with Crippen molar-refractivity contribution in [1.29, 1.82) is 0 Å². The Morgan fingerprint density at radius 3 is 2.48 bits per heavy atom. The van der Waals surface area contributed by atoms with E-state index in [2.05, 4.69) is 39.3 Å². The molecule has 3 rings (SSSR count). The second-order valence-corrected chi connectivity index (χ2v) is 5.45. The van der Waals surface area contributed by atoms with Gasteiger partial charge in [-0.25, -0.2) is 0 Å². The number of hydrogen-bond acceptors (Lipinski definition) is 5. The molecule has 1 aliphatic rings. The highest BCUT2D eigenvalue weighted by molar-refractivity contribution is 5.80. The highest BCUT2D eigenvalue weighted by Crippen LogP contribution is 2.25. The summed E-state index contributed by atoms with van der Waals surface area (Å²) in [5, 5.41) is 16.2. The monoisotopic (exact) mass is 311 g/mol. The Balaban J connectivity index is 1.58. The van der Waals surface area contributed by atoms with E-state index in [9.17, 15) is 5.11 Å². The van der Waals surface area contributed by atoms with Crippen molar-refractivity contribution < 1.29 is 9.84 Å². The fraction of sp³-hybridized carbons (Fsp3) is 0.278. The average molecular weight is 311 g/mol. The number of para-hydroxylation sites is 1. The van der Waals surface area contributed by atoms with E-state index in [1.165, 1.54) is 5.69 Å². The van der Waals surface area contributed by atoms with E-state index in [-0.39, 0.29) is 5.75 Å². The van der Waals surface area contributed by atoms with Crippen molar-refractivity contribution in [2.24, 2.45) is 5.10 Å². The van der Waals surface area contributed by atoms with Gasteiger partial charge in [-0.2, -0.15) is 5.10 Å². The molecule has 0 saturated carbocycles. The zero-order valence-corrected chi connectivity index (χ0v) is 13.2. The average Bonchev–Trinajstić information content (AvgIpc) is 2.62. The summed E-state index contributed by atoms with van der Waals surface area (Å²) in [4.78, 5) is 2.37. The van der Waals surface area contributed by atoms with Crippen LogP contribution in [-0.4, -0.2) is 49.6 Å². The Morgan fingerprint density at radius 2 is 1.78 bits per heavy atom. The normalized spacial score (nSPS) is 15.2.